The van der Waals surface area contributed by atoms with Crippen molar-refractivity contribution >= 4 is 28.2 Å². The molecule has 0 radical (unpaired) electrons. The van der Waals surface area contributed by atoms with Crippen LogP contribution in [0.2, 0.25) is 0 Å². The van der Waals surface area contributed by atoms with Gasteiger partial charge in [0.1, 0.15) is 11.5 Å². The van der Waals surface area contributed by atoms with E-state index in [1.807, 2.05) is 63.8 Å². The number of fused-ring (bicyclic) bond motifs is 2. The average molecular weight is 675 g/mol. The van der Waals surface area contributed by atoms with Gasteiger partial charge < -0.3 is 19.6 Å². The zero-order valence-electron chi connectivity index (χ0n) is 29.3. The van der Waals surface area contributed by atoms with Gasteiger partial charge >= 0.3 is 12.1 Å². The van der Waals surface area contributed by atoms with Gasteiger partial charge in [0.25, 0.3) is 0 Å². The van der Waals surface area contributed by atoms with E-state index in [2.05, 4.69) is 29.8 Å². The van der Waals surface area contributed by atoms with Gasteiger partial charge in [0.15, 0.2) is 6.10 Å². The first-order valence-electron chi connectivity index (χ1n) is 16.9. The topological polar surface area (TPSA) is 78.8 Å². The number of aromatic nitrogens is 2. The number of carbonyl (C=O) groups is 1. The highest BCUT2D eigenvalue weighted by Crippen LogP contribution is 2.45. The predicted molar refractivity (Wildman–Crippen MR) is 187 cm³/mol. The zero-order chi connectivity index (χ0) is 35.5. The first-order valence-corrected chi connectivity index (χ1v) is 16.9. The van der Waals surface area contributed by atoms with Gasteiger partial charge in [-0.25, -0.2) is 9.78 Å². The molecule has 4 heterocycles. The first-order chi connectivity index (χ1) is 22.9. The zero-order valence-corrected chi connectivity index (χ0v) is 29.3. The molecule has 2 aromatic heterocycles. The van der Waals surface area contributed by atoms with Gasteiger partial charge in [0.05, 0.1) is 11.3 Å². The third kappa shape index (κ3) is 7.11. The van der Waals surface area contributed by atoms with Gasteiger partial charge in [-0.05, 0) is 87.4 Å². The Hall–Kier alpha value is -4.18. The summed E-state index contributed by atoms with van der Waals surface area (Å²) >= 11 is 0. The quantitative estimate of drug-likeness (QED) is 0.219. The Morgan fingerprint density at radius 2 is 1.61 bits per heavy atom. The van der Waals surface area contributed by atoms with Crippen LogP contribution in [-0.2, 0) is 28.7 Å². The molecular weight excluding hydrogens is 629 g/mol. The van der Waals surface area contributed by atoms with E-state index in [1.54, 1.807) is 12.1 Å². The lowest BCUT2D eigenvalue weighted by atomic mass is 9.81. The number of hydrogen-bond acceptors (Lipinski definition) is 6. The van der Waals surface area contributed by atoms with Crippen LogP contribution >= 0.6 is 0 Å². The van der Waals surface area contributed by atoms with Crippen LogP contribution in [0.4, 0.5) is 24.7 Å². The summed E-state index contributed by atoms with van der Waals surface area (Å²) in [6.07, 6.45) is -3.24. The summed E-state index contributed by atoms with van der Waals surface area (Å²) < 4.78 is 47.8. The van der Waals surface area contributed by atoms with E-state index in [0.717, 1.165) is 65.6 Å². The van der Waals surface area contributed by atoms with Crippen molar-refractivity contribution in [1.29, 1.82) is 0 Å². The van der Waals surface area contributed by atoms with Crippen LogP contribution in [0.5, 0.6) is 0 Å². The number of carboxylic acid groups (broad SMARTS) is 1. The van der Waals surface area contributed by atoms with Crippen LogP contribution in [0.25, 0.3) is 21.9 Å². The van der Waals surface area contributed by atoms with Crippen molar-refractivity contribution in [2.24, 2.45) is 5.41 Å². The van der Waals surface area contributed by atoms with Crippen molar-refractivity contribution in [3.05, 3.63) is 82.3 Å². The molecule has 2 aliphatic heterocycles. The summed E-state index contributed by atoms with van der Waals surface area (Å²) in [4.78, 5) is 26.1. The predicted octanol–water partition coefficient (Wildman–Crippen LogP) is 9.06. The minimum Gasteiger partial charge on any atom is -0.479 e. The summed E-state index contributed by atoms with van der Waals surface area (Å²) in [5, 5.41) is 11.7. The molecule has 0 aliphatic carbocycles. The molecular formula is C39H45F3N4O3. The Balaban J connectivity index is 1.44. The molecule has 0 bridgehead atoms. The van der Waals surface area contributed by atoms with Crippen LogP contribution in [0.3, 0.4) is 0 Å². The van der Waals surface area contributed by atoms with Crippen molar-refractivity contribution in [2.75, 3.05) is 29.4 Å². The highest BCUT2D eigenvalue weighted by Gasteiger charge is 2.37. The van der Waals surface area contributed by atoms with Crippen molar-refractivity contribution in [3.8, 4) is 11.1 Å². The van der Waals surface area contributed by atoms with Gasteiger partial charge in [0, 0.05) is 54.1 Å². The molecule has 1 N–H and O–H groups in total. The van der Waals surface area contributed by atoms with Gasteiger partial charge in [-0.15, -0.1) is 0 Å². The number of pyridine rings is 2. The third-order valence-electron chi connectivity index (χ3n) is 9.79. The van der Waals surface area contributed by atoms with E-state index >= 15 is 0 Å². The van der Waals surface area contributed by atoms with Gasteiger partial charge in [-0.3, -0.25) is 4.98 Å². The largest absolute Gasteiger partial charge is 0.479 e. The molecule has 0 spiro atoms. The number of anilines is 2. The molecule has 4 aromatic rings. The SMILES string of the molecule is Cc1nc(C)c([C@H](OC(C)(C)C)C(=O)O)c(N2CCC(C)(C)CC2)c1-c1ccc2c(c1)CCN(c1nc(C(F)(F)F)cc3ccccc13)C2. The summed E-state index contributed by atoms with van der Waals surface area (Å²) in [6, 6.07) is 14.4. The standard InChI is InChI=1S/C39H45F3N4O3/c1-23-31(33(45-18-15-38(6,7)16-19-45)32(24(2)43-23)34(36(47)48)49-37(3,4)5)27-12-13-28-22-46(17-14-25(28)20-27)35-29-11-9-8-10-26(29)21-30(44-35)39(40,41)42/h8-13,20-21,34H,14-19,22H2,1-7H3,(H,47,48)/t34-/m0/s1. The Bertz CT molecular complexity index is 1900. The molecule has 1 atom stereocenters. The van der Waals surface area contributed by atoms with Crippen molar-refractivity contribution < 1.29 is 27.8 Å². The number of alkyl halides is 3. The minimum absolute atomic E-state index is 0.180. The molecule has 1 fully saturated rings. The Morgan fingerprint density at radius 3 is 2.27 bits per heavy atom. The van der Waals surface area contributed by atoms with Crippen molar-refractivity contribution in [3.63, 3.8) is 0 Å². The van der Waals surface area contributed by atoms with Crippen molar-refractivity contribution in [1.82, 2.24) is 9.97 Å². The number of rotatable bonds is 6. The Labute approximate surface area is 286 Å². The average Bonchev–Trinajstić information content (AvgIpc) is 3.02. The molecule has 260 valence electrons. The normalized spacial score (nSPS) is 17.3. The van der Waals surface area contributed by atoms with Gasteiger partial charge in [0.2, 0.25) is 0 Å². The van der Waals surface area contributed by atoms with E-state index in [4.69, 9.17) is 9.72 Å². The third-order valence-corrected chi connectivity index (χ3v) is 9.79. The molecule has 0 amide bonds. The molecule has 0 unspecified atom stereocenters. The van der Waals surface area contributed by atoms with E-state index in [0.29, 0.717) is 47.4 Å². The van der Waals surface area contributed by atoms with Crippen molar-refractivity contribution in [2.45, 2.75) is 92.2 Å². The van der Waals surface area contributed by atoms with E-state index < -0.39 is 29.5 Å². The second-order valence-electron chi connectivity index (χ2n) is 15.2. The maximum atomic E-state index is 13.8. The lowest BCUT2D eigenvalue weighted by Gasteiger charge is -2.41. The summed E-state index contributed by atoms with van der Waals surface area (Å²) in [5.41, 5.74) is 5.37. The summed E-state index contributed by atoms with van der Waals surface area (Å²) in [5.74, 6) is -0.730. The van der Waals surface area contributed by atoms with E-state index in [-0.39, 0.29) is 5.41 Å². The second-order valence-corrected chi connectivity index (χ2v) is 15.2. The van der Waals surface area contributed by atoms with Crippen LogP contribution in [0, 0.1) is 19.3 Å². The molecule has 10 heteroatoms. The smallest absolute Gasteiger partial charge is 0.433 e. The molecule has 1 saturated heterocycles. The molecule has 0 saturated carbocycles. The van der Waals surface area contributed by atoms with E-state index in [9.17, 15) is 23.1 Å². The second kappa shape index (κ2) is 12.6. The van der Waals surface area contributed by atoms with Gasteiger partial charge in [-0.2, -0.15) is 13.2 Å². The number of aliphatic carboxylic acids is 1. The number of carboxylic acids is 1. The Morgan fingerprint density at radius 1 is 0.918 bits per heavy atom. The summed E-state index contributed by atoms with van der Waals surface area (Å²) in [7, 11) is 0. The number of aryl methyl sites for hydroxylation is 2. The number of ether oxygens (including phenoxy) is 1. The number of benzene rings is 2. The molecule has 7 nitrogen and oxygen atoms in total. The number of hydrogen-bond donors (Lipinski definition) is 1. The Kier molecular flexibility index (Phi) is 8.92. The first kappa shape index (κ1) is 34.7. The number of nitrogens with zero attached hydrogens (tertiary/aromatic N) is 4. The maximum absolute atomic E-state index is 13.8. The van der Waals surface area contributed by atoms with Crippen LogP contribution in [0.1, 0.15) is 87.3 Å². The fourth-order valence-electron chi connectivity index (χ4n) is 7.21. The lowest BCUT2D eigenvalue weighted by Crippen LogP contribution is -2.39. The summed E-state index contributed by atoms with van der Waals surface area (Å²) in [6.45, 7) is 16.4. The number of piperidine rings is 1. The van der Waals surface area contributed by atoms with E-state index in [1.165, 1.54) is 0 Å². The highest BCUT2D eigenvalue weighted by atomic mass is 19.4. The number of halogens is 3. The molecule has 2 aliphatic rings. The molecule has 6 rings (SSSR count). The lowest BCUT2D eigenvalue weighted by molar-refractivity contribution is -0.160. The van der Waals surface area contributed by atoms with Crippen LogP contribution in [0.15, 0.2) is 48.5 Å². The fourth-order valence-corrected chi connectivity index (χ4v) is 7.21. The fraction of sp³-hybridized carbons (Fsp3) is 0.462. The monoisotopic (exact) mass is 674 g/mol. The molecule has 49 heavy (non-hydrogen) atoms. The van der Waals surface area contributed by atoms with Crippen LogP contribution in [-0.4, -0.2) is 46.3 Å². The minimum atomic E-state index is -4.56. The maximum Gasteiger partial charge on any atom is 0.433 e. The van der Waals surface area contributed by atoms with Gasteiger partial charge in [-0.1, -0.05) is 56.3 Å². The molecule has 2 aromatic carbocycles. The highest BCUT2D eigenvalue weighted by molar-refractivity contribution is 5.93. The van der Waals surface area contributed by atoms with Crippen LogP contribution < -0.4 is 9.80 Å².